The van der Waals surface area contributed by atoms with E-state index in [4.69, 9.17) is 21.1 Å². The van der Waals surface area contributed by atoms with Crippen molar-refractivity contribution in [3.8, 4) is 11.5 Å². The molecule has 0 aliphatic heterocycles. The fourth-order valence-electron chi connectivity index (χ4n) is 3.47. The first-order valence-corrected chi connectivity index (χ1v) is 14.0. The van der Waals surface area contributed by atoms with E-state index in [1.165, 1.54) is 11.8 Å². The number of benzene rings is 3. The van der Waals surface area contributed by atoms with Gasteiger partial charge in [0.25, 0.3) is 5.91 Å². The Morgan fingerprint density at radius 2 is 1.77 bits per heavy atom. The lowest BCUT2D eigenvalue weighted by molar-refractivity contribution is -0.139. The van der Waals surface area contributed by atoms with Crippen LogP contribution in [0.15, 0.2) is 65.8 Å². The number of nitrogens with one attached hydrogen (secondary N) is 3. The second-order valence-corrected chi connectivity index (χ2v) is 10.5. The molecular formula is C29H30ClIN4O5. The van der Waals surface area contributed by atoms with Crippen molar-refractivity contribution in [3.63, 3.8) is 0 Å². The molecule has 3 rings (SSSR count). The Morgan fingerprint density at radius 1 is 1.02 bits per heavy atom. The van der Waals surface area contributed by atoms with Crippen LogP contribution in [0.2, 0.25) is 5.02 Å². The minimum Gasteiger partial charge on any atom is -0.490 e. The van der Waals surface area contributed by atoms with Crippen molar-refractivity contribution in [1.82, 2.24) is 10.7 Å². The first-order valence-electron chi connectivity index (χ1n) is 12.5. The van der Waals surface area contributed by atoms with E-state index in [0.717, 1.165) is 5.56 Å². The topological polar surface area (TPSA) is 118 Å². The Labute approximate surface area is 251 Å². The molecule has 0 bridgehead atoms. The lowest BCUT2D eigenvalue weighted by Gasteiger charge is -2.14. The van der Waals surface area contributed by atoms with Gasteiger partial charge >= 0.3 is 11.8 Å². The van der Waals surface area contributed by atoms with Gasteiger partial charge in [0.05, 0.1) is 16.4 Å². The number of hydrogen-bond acceptors (Lipinski definition) is 6. The predicted octanol–water partition coefficient (Wildman–Crippen LogP) is 5.25. The molecule has 0 saturated carbocycles. The number of hydrogen-bond donors (Lipinski definition) is 3. The zero-order chi connectivity index (χ0) is 29.1. The van der Waals surface area contributed by atoms with Crippen molar-refractivity contribution < 1.29 is 23.9 Å². The highest BCUT2D eigenvalue weighted by atomic mass is 127. The lowest BCUT2D eigenvalue weighted by Crippen LogP contribution is -2.37. The summed E-state index contributed by atoms with van der Waals surface area (Å²) in [7, 11) is 0. The van der Waals surface area contributed by atoms with Gasteiger partial charge in [0.15, 0.2) is 18.1 Å². The Kier molecular flexibility index (Phi) is 11.8. The number of carbonyl (C=O) groups excluding carboxylic acids is 3. The van der Waals surface area contributed by atoms with Crippen molar-refractivity contribution in [2.75, 3.05) is 18.5 Å². The largest absolute Gasteiger partial charge is 0.490 e. The second-order valence-electron chi connectivity index (χ2n) is 8.89. The molecule has 0 aromatic heterocycles. The van der Waals surface area contributed by atoms with E-state index in [1.54, 1.807) is 36.4 Å². The highest BCUT2D eigenvalue weighted by molar-refractivity contribution is 14.1. The van der Waals surface area contributed by atoms with Crippen molar-refractivity contribution in [3.05, 3.63) is 85.9 Å². The quantitative estimate of drug-likeness (QED) is 0.111. The molecule has 0 heterocycles. The fraction of sp³-hybridized carbons (Fsp3) is 0.241. The summed E-state index contributed by atoms with van der Waals surface area (Å²) in [6.45, 7) is 6.37. The highest BCUT2D eigenvalue weighted by Crippen LogP contribution is 2.34. The van der Waals surface area contributed by atoms with Crippen LogP contribution in [0.25, 0.3) is 0 Å². The summed E-state index contributed by atoms with van der Waals surface area (Å²) >= 11 is 8.01. The van der Waals surface area contributed by atoms with Gasteiger partial charge in [0.2, 0.25) is 0 Å². The normalized spacial score (nSPS) is 10.8. The standard InChI is InChI=1S/C29H30ClIN4O5/c1-4-39-25-13-20(12-24(31)27(25)40-17-26(36)34-23-7-5-6-22(30)14-23)16-33-35-29(38)28(37)32-15-19-8-10-21(11-9-19)18(2)3/h5-14,16,18H,4,15,17H2,1-3H3,(H,32,37)(H,34,36)(H,35,38)/b33-16-. The molecule has 0 unspecified atom stereocenters. The van der Waals surface area contributed by atoms with Crippen LogP contribution in [-0.2, 0) is 20.9 Å². The van der Waals surface area contributed by atoms with Gasteiger partial charge in [-0.3, -0.25) is 14.4 Å². The number of halogens is 2. The van der Waals surface area contributed by atoms with Crippen LogP contribution in [-0.4, -0.2) is 37.1 Å². The van der Waals surface area contributed by atoms with E-state index in [2.05, 4.69) is 57.6 Å². The van der Waals surface area contributed by atoms with Gasteiger partial charge in [-0.25, -0.2) is 5.43 Å². The minimum atomic E-state index is -0.888. The number of ether oxygens (including phenoxy) is 2. The number of amides is 3. The molecule has 0 saturated heterocycles. The predicted molar refractivity (Wildman–Crippen MR) is 164 cm³/mol. The first-order chi connectivity index (χ1) is 19.2. The van der Waals surface area contributed by atoms with E-state index < -0.39 is 11.8 Å². The summed E-state index contributed by atoms with van der Waals surface area (Å²) in [6, 6.07) is 18.0. The van der Waals surface area contributed by atoms with E-state index in [1.807, 2.05) is 31.2 Å². The van der Waals surface area contributed by atoms with Crippen LogP contribution < -0.4 is 25.5 Å². The molecule has 3 N–H and O–H groups in total. The number of nitrogens with zero attached hydrogens (tertiary/aromatic N) is 1. The number of carbonyl (C=O) groups is 3. The third-order valence-electron chi connectivity index (χ3n) is 5.47. The summed E-state index contributed by atoms with van der Waals surface area (Å²) in [4.78, 5) is 36.7. The highest BCUT2D eigenvalue weighted by Gasteiger charge is 2.15. The number of anilines is 1. The summed E-state index contributed by atoms with van der Waals surface area (Å²) in [5.74, 6) is -0.838. The Morgan fingerprint density at radius 3 is 2.45 bits per heavy atom. The second kappa shape index (κ2) is 15.2. The monoisotopic (exact) mass is 676 g/mol. The third kappa shape index (κ3) is 9.53. The van der Waals surface area contributed by atoms with E-state index in [-0.39, 0.29) is 19.1 Å². The molecular weight excluding hydrogens is 647 g/mol. The van der Waals surface area contributed by atoms with Crippen molar-refractivity contribution in [2.24, 2.45) is 5.10 Å². The van der Waals surface area contributed by atoms with E-state index >= 15 is 0 Å². The third-order valence-corrected chi connectivity index (χ3v) is 6.51. The maximum atomic E-state index is 12.4. The summed E-state index contributed by atoms with van der Waals surface area (Å²) in [5.41, 5.74) is 5.46. The molecule has 3 aromatic carbocycles. The zero-order valence-corrected chi connectivity index (χ0v) is 25.2. The van der Waals surface area contributed by atoms with Gasteiger partial charge < -0.3 is 20.1 Å². The number of hydrazone groups is 1. The van der Waals surface area contributed by atoms with Crippen LogP contribution in [0.4, 0.5) is 5.69 Å². The smallest absolute Gasteiger partial charge is 0.329 e. The summed E-state index contributed by atoms with van der Waals surface area (Å²) in [5, 5.41) is 9.70. The molecule has 11 heteroatoms. The Hall–Kier alpha value is -3.64. The molecule has 0 spiro atoms. The van der Waals surface area contributed by atoms with E-state index in [9.17, 15) is 14.4 Å². The zero-order valence-electron chi connectivity index (χ0n) is 22.3. The van der Waals surface area contributed by atoms with Gasteiger partial charge in [0, 0.05) is 17.3 Å². The van der Waals surface area contributed by atoms with Gasteiger partial charge in [-0.2, -0.15) is 5.10 Å². The minimum absolute atomic E-state index is 0.225. The summed E-state index contributed by atoms with van der Waals surface area (Å²) < 4.78 is 12.1. The molecule has 210 valence electrons. The van der Waals surface area contributed by atoms with Crippen molar-refractivity contribution in [2.45, 2.75) is 33.2 Å². The van der Waals surface area contributed by atoms with Gasteiger partial charge in [-0.15, -0.1) is 0 Å². The maximum Gasteiger partial charge on any atom is 0.329 e. The molecule has 9 nitrogen and oxygen atoms in total. The van der Waals surface area contributed by atoms with Gasteiger partial charge in [-0.05, 0) is 82.5 Å². The molecule has 3 amide bonds. The molecule has 0 radical (unpaired) electrons. The SMILES string of the molecule is CCOc1cc(/C=N\NC(=O)C(=O)NCc2ccc(C(C)C)cc2)cc(I)c1OCC(=O)Nc1cccc(Cl)c1. The first kappa shape index (κ1) is 30.9. The van der Waals surface area contributed by atoms with Crippen LogP contribution in [0, 0.1) is 3.57 Å². The van der Waals surface area contributed by atoms with Crippen molar-refractivity contribution >= 4 is 63.8 Å². The van der Waals surface area contributed by atoms with Crippen LogP contribution >= 0.6 is 34.2 Å². The fourth-order valence-corrected chi connectivity index (χ4v) is 4.44. The molecule has 0 atom stereocenters. The van der Waals surface area contributed by atoms with E-state index in [0.29, 0.717) is 43.9 Å². The molecule has 40 heavy (non-hydrogen) atoms. The average Bonchev–Trinajstić information content (AvgIpc) is 2.91. The van der Waals surface area contributed by atoms with Crippen molar-refractivity contribution in [1.29, 1.82) is 0 Å². The van der Waals surface area contributed by atoms with Crippen LogP contribution in [0.3, 0.4) is 0 Å². The Bertz CT molecular complexity index is 1380. The van der Waals surface area contributed by atoms with Gasteiger partial charge in [-0.1, -0.05) is 55.8 Å². The molecule has 3 aromatic rings. The summed E-state index contributed by atoms with van der Waals surface area (Å²) in [6.07, 6.45) is 1.39. The molecule has 0 aliphatic rings. The average molecular weight is 677 g/mol. The van der Waals surface area contributed by atoms with Crippen LogP contribution in [0.5, 0.6) is 11.5 Å². The van der Waals surface area contributed by atoms with Gasteiger partial charge in [0.1, 0.15) is 0 Å². The molecule has 0 fully saturated rings. The Balaban J connectivity index is 1.55. The number of rotatable bonds is 11. The van der Waals surface area contributed by atoms with Crippen LogP contribution in [0.1, 0.15) is 43.4 Å². The maximum absolute atomic E-state index is 12.4. The molecule has 0 aliphatic carbocycles. The lowest BCUT2D eigenvalue weighted by atomic mass is 10.0.